The zero-order chi connectivity index (χ0) is 24.1. The number of nitrogens with zero attached hydrogens (tertiary/aromatic N) is 1. The molecule has 0 fully saturated rings. The maximum Gasteiger partial charge on any atom is 0.319 e. The van der Waals surface area contributed by atoms with Crippen LogP contribution in [0.5, 0.6) is 5.75 Å². The van der Waals surface area contributed by atoms with Crippen molar-refractivity contribution in [3.63, 3.8) is 0 Å². The topological polar surface area (TPSA) is 121 Å². The van der Waals surface area contributed by atoms with Crippen LogP contribution in [0.25, 0.3) is 0 Å². The second-order valence-electron chi connectivity index (χ2n) is 7.72. The molecule has 0 aliphatic carbocycles. The zero-order valence-corrected chi connectivity index (χ0v) is 18.9. The summed E-state index contributed by atoms with van der Waals surface area (Å²) >= 11 is 6.21. The summed E-state index contributed by atoms with van der Waals surface area (Å²) in [5, 5.41) is 25.4. The molecular formula is C24H24ClN3O5. The minimum absolute atomic E-state index is 0.237. The lowest BCUT2D eigenvalue weighted by molar-refractivity contribution is -0.137. The average molecular weight is 470 g/mol. The molecule has 0 saturated carbocycles. The van der Waals surface area contributed by atoms with Crippen LogP contribution in [0.2, 0.25) is 5.02 Å². The number of nitrogens with one attached hydrogen (secondary N) is 2. The lowest BCUT2D eigenvalue weighted by Gasteiger charge is -2.19. The van der Waals surface area contributed by atoms with Gasteiger partial charge in [0.2, 0.25) is 0 Å². The van der Waals surface area contributed by atoms with Crippen LogP contribution in [0.4, 0.5) is 10.5 Å². The minimum atomic E-state index is -1.10. The first-order chi connectivity index (χ1) is 15.7. The number of anilines is 1. The number of aliphatic carboxylic acids is 1. The predicted molar refractivity (Wildman–Crippen MR) is 126 cm³/mol. The predicted octanol–water partition coefficient (Wildman–Crippen LogP) is 3.98. The molecule has 33 heavy (non-hydrogen) atoms. The first-order valence-corrected chi connectivity index (χ1v) is 10.5. The van der Waals surface area contributed by atoms with Gasteiger partial charge >= 0.3 is 12.0 Å². The fourth-order valence-electron chi connectivity index (χ4n) is 3.41. The second kappa shape index (κ2) is 10.2. The summed E-state index contributed by atoms with van der Waals surface area (Å²) in [6.07, 6.45) is 1.36. The number of carbonyl (C=O) groups is 2. The second-order valence-corrected chi connectivity index (χ2v) is 8.13. The van der Waals surface area contributed by atoms with E-state index < -0.39 is 23.6 Å². The Morgan fingerprint density at radius 3 is 2.39 bits per heavy atom. The SMILES string of the molecule is Cc1ccc([C@H](CC(=O)O)NC(=O)Nc2c(O)c(Cc3ccccc3Cl)cn(C)c2=O)cc1. The fourth-order valence-corrected chi connectivity index (χ4v) is 3.62. The Balaban J connectivity index is 1.86. The normalized spacial score (nSPS) is 11.6. The highest BCUT2D eigenvalue weighted by atomic mass is 35.5. The van der Waals surface area contributed by atoms with Gasteiger partial charge in [0.05, 0.1) is 12.5 Å². The zero-order valence-electron chi connectivity index (χ0n) is 18.1. The molecule has 1 atom stereocenters. The Kier molecular flexibility index (Phi) is 7.40. The summed E-state index contributed by atoms with van der Waals surface area (Å²) in [6.45, 7) is 1.89. The molecule has 0 aliphatic heterocycles. The molecule has 2 aromatic carbocycles. The minimum Gasteiger partial charge on any atom is -0.505 e. The number of hydrogen-bond acceptors (Lipinski definition) is 4. The third kappa shape index (κ3) is 5.93. The molecule has 1 heterocycles. The van der Waals surface area contributed by atoms with Gasteiger partial charge in [0, 0.05) is 30.3 Å². The number of pyridine rings is 1. The highest BCUT2D eigenvalue weighted by molar-refractivity contribution is 6.31. The molecule has 8 nitrogen and oxygen atoms in total. The molecule has 0 radical (unpaired) electrons. The summed E-state index contributed by atoms with van der Waals surface area (Å²) in [7, 11) is 1.50. The van der Waals surface area contributed by atoms with E-state index in [4.69, 9.17) is 11.6 Å². The summed E-state index contributed by atoms with van der Waals surface area (Å²) in [5.74, 6) is -1.47. The number of amides is 2. The van der Waals surface area contributed by atoms with Gasteiger partial charge in [-0.05, 0) is 24.1 Å². The number of aromatic hydroxyl groups is 1. The third-order valence-corrected chi connectivity index (χ3v) is 5.53. The Morgan fingerprint density at radius 1 is 1.09 bits per heavy atom. The van der Waals surface area contributed by atoms with Gasteiger partial charge in [-0.2, -0.15) is 0 Å². The summed E-state index contributed by atoms with van der Waals surface area (Å²) in [6, 6.07) is 12.5. The number of carboxylic acids is 1. The van der Waals surface area contributed by atoms with Crippen LogP contribution >= 0.6 is 11.6 Å². The number of carbonyl (C=O) groups excluding carboxylic acids is 1. The van der Waals surface area contributed by atoms with Gasteiger partial charge in [0.25, 0.3) is 5.56 Å². The summed E-state index contributed by atoms with van der Waals surface area (Å²) < 4.78 is 1.25. The summed E-state index contributed by atoms with van der Waals surface area (Å²) in [5.41, 5.74) is 1.79. The van der Waals surface area contributed by atoms with Crippen LogP contribution in [0.1, 0.15) is 34.7 Å². The van der Waals surface area contributed by atoms with Crippen LogP contribution in [-0.2, 0) is 18.3 Å². The van der Waals surface area contributed by atoms with Crippen molar-refractivity contribution in [2.24, 2.45) is 7.05 Å². The van der Waals surface area contributed by atoms with E-state index >= 15 is 0 Å². The molecular weight excluding hydrogens is 446 g/mol. The molecule has 1 aromatic heterocycles. The van der Waals surface area contributed by atoms with Gasteiger partial charge < -0.3 is 25.4 Å². The smallest absolute Gasteiger partial charge is 0.319 e. The highest BCUT2D eigenvalue weighted by Crippen LogP contribution is 2.28. The van der Waals surface area contributed by atoms with Crippen LogP contribution in [-0.4, -0.2) is 26.8 Å². The maximum absolute atomic E-state index is 12.7. The molecule has 2 amide bonds. The van der Waals surface area contributed by atoms with Crippen molar-refractivity contribution in [1.82, 2.24) is 9.88 Å². The Hall–Kier alpha value is -3.78. The molecule has 0 saturated heterocycles. The summed E-state index contributed by atoms with van der Waals surface area (Å²) in [4.78, 5) is 36.6. The van der Waals surface area contributed by atoms with Crippen LogP contribution < -0.4 is 16.2 Å². The van der Waals surface area contributed by atoms with Gasteiger partial charge in [-0.1, -0.05) is 59.6 Å². The van der Waals surface area contributed by atoms with Crippen LogP contribution in [0, 0.1) is 6.92 Å². The van der Waals surface area contributed by atoms with Crippen LogP contribution in [0.15, 0.2) is 59.5 Å². The van der Waals surface area contributed by atoms with E-state index in [0.717, 1.165) is 11.1 Å². The molecule has 9 heteroatoms. The van der Waals surface area contributed by atoms with Gasteiger partial charge in [-0.25, -0.2) is 4.79 Å². The van der Waals surface area contributed by atoms with E-state index in [9.17, 15) is 24.6 Å². The Labute approximate surface area is 195 Å². The number of urea groups is 1. The van der Waals surface area contributed by atoms with Crippen molar-refractivity contribution in [1.29, 1.82) is 0 Å². The number of rotatable bonds is 7. The van der Waals surface area contributed by atoms with Crippen molar-refractivity contribution in [3.8, 4) is 5.75 Å². The number of hydrogen-bond donors (Lipinski definition) is 4. The van der Waals surface area contributed by atoms with E-state index in [-0.39, 0.29) is 24.3 Å². The van der Waals surface area contributed by atoms with Crippen molar-refractivity contribution < 1.29 is 19.8 Å². The van der Waals surface area contributed by atoms with E-state index in [1.807, 2.05) is 19.1 Å². The van der Waals surface area contributed by atoms with E-state index in [2.05, 4.69) is 10.6 Å². The van der Waals surface area contributed by atoms with Crippen molar-refractivity contribution in [2.75, 3.05) is 5.32 Å². The number of aromatic nitrogens is 1. The average Bonchev–Trinajstić information content (AvgIpc) is 2.76. The molecule has 3 rings (SSSR count). The number of halogens is 1. The first-order valence-electron chi connectivity index (χ1n) is 10.2. The van der Waals surface area contributed by atoms with Crippen molar-refractivity contribution >= 4 is 29.3 Å². The lowest BCUT2D eigenvalue weighted by Crippen LogP contribution is -2.36. The number of aryl methyl sites for hydroxylation is 2. The highest BCUT2D eigenvalue weighted by Gasteiger charge is 2.21. The van der Waals surface area contributed by atoms with Crippen LogP contribution in [0.3, 0.4) is 0 Å². The maximum atomic E-state index is 12.7. The van der Waals surface area contributed by atoms with E-state index in [0.29, 0.717) is 16.1 Å². The molecule has 3 aromatic rings. The Morgan fingerprint density at radius 2 is 1.76 bits per heavy atom. The number of carboxylic acid groups (broad SMARTS) is 1. The van der Waals surface area contributed by atoms with Gasteiger partial charge in [-0.3, -0.25) is 9.59 Å². The van der Waals surface area contributed by atoms with E-state index in [1.165, 1.54) is 17.8 Å². The van der Waals surface area contributed by atoms with Gasteiger partial charge in [0.1, 0.15) is 5.75 Å². The molecule has 172 valence electrons. The molecule has 4 N–H and O–H groups in total. The van der Waals surface area contributed by atoms with Gasteiger partial charge in [0.15, 0.2) is 5.69 Å². The first kappa shape index (κ1) is 23.9. The molecule has 0 aliphatic rings. The van der Waals surface area contributed by atoms with Gasteiger partial charge in [-0.15, -0.1) is 0 Å². The van der Waals surface area contributed by atoms with Crippen molar-refractivity contribution in [3.05, 3.63) is 92.4 Å². The van der Waals surface area contributed by atoms with E-state index in [1.54, 1.807) is 36.4 Å². The molecule has 0 spiro atoms. The Bertz CT molecular complexity index is 1240. The fraction of sp³-hybridized carbons (Fsp3) is 0.208. The third-order valence-electron chi connectivity index (χ3n) is 5.17. The molecule has 0 bridgehead atoms. The standard InChI is InChI=1S/C24H24ClN3O5/c1-14-7-9-15(10-8-14)19(12-20(29)30)26-24(33)27-21-22(31)17(13-28(2)23(21)32)11-16-5-3-4-6-18(16)25/h3-10,13,19,31H,11-12H2,1-2H3,(H,29,30)(H2,26,27,33)/t19-/m0/s1. The largest absolute Gasteiger partial charge is 0.505 e. The number of benzene rings is 2. The lowest BCUT2D eigenvalue weighted by atomic mass is 10.0. The quantitative estimate of drug-likeness (QED) is 0.417. The van der Waals surface area contributed by atoms with Crippen molar-refractivity contribution in [2.45, 2.75) is 25.8 Å². The molecule has 0 unspecified atom stereocenters. The monoisotopic (exact) mass is 469 g/mol.